The van der Waals surface area contributed by atoms with Gasteiger partial charge in [-0.3, -0.25) is 14.2 Å². The second-order valence-electron chi connectivity index (χ2n) is 7.42. The van der Waals surface area contributed by atoms with Crippen molar-refractivity contribution in [1.82, 2.24) is 15.2 Å². The smallest absolute Gasteiger partial charge is 0.408 e. The number of carbonyl (C=O) groups excluding carboxylic acids is 2. The van der Waals surface area contributed by atoms with E-state index in [-0.39, 0.29) is 12.5 Å². The van der Waals surface area contributed by atoms with E-state index in [1.165, 1.54) is 15.9 Å². The quantitative estimate of drug-likeness (QED) is 0.440. The number of rotatable bonds is 7. The maximum Gasteiger partial charge on any atom is 0.419 e. The average Bonchev–Trinajstić information content (AvgIpc) is 3.46. The highest BCUT2D eigenvalue weighted by Crippen LogP contribution is 2.24. The predicted octanol–water partition coefficient (Wildman–Crippen LogP) is 2.84. The predicted molar refractivity (Wildman–Crippen MR) is 125 cm³/mol. The molecule has 2 aromatic heterocycles. The molecule has 0 unspecified atom stereocenters. The minimum absolute atomic E-state index is 0.202. The summed E-state index contributed by atoms with van der Waals surface area (Å²) in [6.07, 6.45) is 0.330. The summed E-state index contributed by atoms with van der Waals surface area (Å²) in [5, 5.41) is 16.4. The molecule has 0 bridgehead atoms. The van der Waals surface area contributed by atoms with Crippen LogP contribution in [0.4, 0.5) is 0 Å². The second kappa shape index (κ2) is 9.54. The molecule has 0 radical (unpaired) electrons. The number of amides is 2. The zero-order valence-corrected chi connectivity index (χ0v) is 18.5. The molecule has 1 atom stereocenters. The summed E-state index contributed by atoms with van der Waals surface area (Å²) < 4.78 is 6.62. The highest BCUT2D eigenvalue weighted by atomic mass is 32.1. The summed E-state index contributed by atoms with van der Waals surface area (Å²) in [5.74, 6) is -1.16. The molecule has 2 aromatic carbocycles. The number of hydrogen-bond acceptors (Lipinski definition) is 6. The number of oxazole rings is 1. The molecule has 0 fully saturated rings. The third kappa shape index (κ3) is 5.02. The molecule has 0 aliphatic carbocycles. The van der Waals surface area contributed by atoms with Crippen LogP contribution in [-0.4, -0.2) is 29.0 Å². The van der Waals surface area contributed by atoms with Gasteiger partial charge in [0.1, 0.15) is 6.04 Å². The maximum absolute atomic E-state index is 12.1. The van der Waals surface area contributed by atoms with Gasteiger partial charge in [0, 0.05) is 13.5 Å². The van der Waals surface area contributed by atoms with Crippen molar-refractivity contribution in [2.75, 3.05) is 6.54 Å². The van der Waals surface area contributed by atoms with Crippen LogP contribution in [0, 0.1) is 11.3 Å². The van der Waals surface area contributed by atoms with E-state index in [9.17, 15) is 19.6 Å². The highest BCUT2D eigenvalue weighted by molar-refractivity contribution is 7.12. The van der Waals surface area contributed by atoms with Crippen molar-refractivity contribution >= 4 is 34.3 Å². The van der Waals surface area contributed by atoms with Crippen molar-refractivity contribution in [3.05, 3.63) is 81.0 Å². The largest absolute Gasteiger partial charge is 0.419 e. The van der Waals surface area contributed by atoms with E-state index in [0.29, 0.717) is 22.4 Å². The van der Waals surface area contributed by atoms with Gasteiger partial charge in [-0.2, -0.15) is 5.26 Å². The summed E-state index contributed by atoms with van der Waals surface area (Å²) in [4.78, 5) is 36.3. The monoisotopic (exact) mass is 460 g/mol. The Balaban J connectivity index is 1.36. The fourth-order valence-corrected chi connectivity index (χ4v) is 4.05. The van der Waals surface area contributed by atoms with Crippen LogP contribution in [0.1, 0.15) is 15.2 Å². The van der Waals surface area contributed by atoms with Gasteiger partial charge in [0.05, 0.1) is 23.0 Å². The van der Waals surface area contributed by atoms with Crippen LogP contribution in [0.3, 0.4) is 0 Å². The van der Waals surface area contributed by atoms with Gasteiger partial charge in [-0.05, 0) is 40.3 Å². The van der Waals surface area contributed by atoms with E-state index in [1.807, 2.05) is 36.4 Å². The summed E-state index contributed by atoms with van der Waals surface area (Å²) in [6.45, 7) is -0.202. The minimum atomic E-state index is -0.723. The Labute approximate surface area is 193 Å². The fourth-order valence-electron chi connectivity index (χ4n) is 3.40. The average molecular weight is 461 g/mol. The van der Waals surface area contributed by atoms with Crippen molar-refractivity contribution in [3.8, 4) is 17.2 Å². The Hall–Kier alpha value is -4.16. The van der Waals surface area contributed by atoms with Crippen LogP contribution in [0.2, 0.25) is 0 Å². The number of carbonyl (C=O) groups is 2. The first-order valence-corrected chi connectivity index (χ1v) is 11.0. The molecule has 0 aliphatic rings. The number of benzene rings is 2. The molecule has 4 rings (SSSR count). The molecule has 0 spiro atoms. The SMILES string of the molecule is Cn1c(=O)oc2ccc(-c3ccc(C[C@@H](C#N)NC(=O)CNC(=O)c4cccs4)cc3)cc21. The zero-order valence-electron chi connectivity index (χ0n) is 17.7. The van der Waals surface area contributed by atoms with Crippen molar-refractivity contribution in [3.63, 3.8) is 0 Å². The molecule has 2 amide bonds. The molecule has 166 valence electrons. The summed E-state index contributed by atoms with van der Waals surface area (Å²) >= 11 is 1.29. The third-order valence-electron chi connectivity index (χ3n) is 5.16. The molecule has 4 aromatic rings. The molecule has 0 aliphatic heterocycles. The van der Waals surface area contributed by atoms with Crippen LogP contribution in [0.15, 0.2) is 69.2 Å². The molecule has 9 heteroatoms. The highest BCUT2D eigenvalue weighted by Gasteiger charge is 2.14. The Kier molecular flexibility index (Phi) is 6.38. The van der Waals surface area contributed by atoms with Gasteiger partial charge in [0.2, 0.25) is 5.91 Å². The Morgan fingerprint density at radius 2 is 1.91 bits per heavy atom. The van der Waals surface area contributed by atoms with Crippen LogP contribution in [0.5, 0.6) is 0 Å². The number of hydrogen-bond donors (Lipinski definition) is 2. The molecular weight excluding hydrogens is 440 g/mol. The van der Waals surface area contributed by atoms with Crippen molar-refractivity contribution in [1.29, 1.82) is 5.26 Å². The van der Waals surface area contributed by atoms with E-state index in [1.54, 1.807) is 30.6 Å². The molecule has 0 saturated carbocycles. The molecule has 33 heavy (non-hydrogen) atoms. The number of aromatic nitrogens is 1. The number of nitrogens with one attached hydrogen (secondary N) is 2. The molecule has 2 heterocycles. The lowest BCUT2D eigenvalue weighted by Crippen LogP contribution is -2.42. The Bertz CT molecular complexity index is 1400. The first-order valence-electron chi connectivity index (χ1n) is 10.1. The lowest BCUT2D eigenvalue weighted by molar-refractivity contribution is -0.120. The van der Waals surface area contributed by atoms with Crippen LogP contribution < -0.4 is 16.4 Å². The summed E-state index contributed by atoms with van der Waals surface area (Å²) in [6, 6.07) is 18.0. The lowest BCUT2D eigenvalue weighted by Gasteiger charge is -2.13. The number of fused-ring (bicyclic) bond motifs is 1. The van der Waals surface area contributed by atoms with Crippen molar-refractivity contribution < 1.29 is 14.0 Å². The number of nitrogens with zero attached hydrogens (tertiary/aromatic N) is 2. The summed E-state index contributed by atoms with van der Waals surface area (Å²) in [7, 11) is 1.66. The fraction of sp³-hybridized carbons (Fsp3) is 0.167. The molecule has 2 N–H and O–H groups in total. The van der Waals surface area contributed by atoms with Gasteiger partial charge in [-0.15, -0.1) is 11.3 Å². The van der Waals surface area contributed by atoms with Crippen molar-refractivity contribution in [2.24, 2.45) is 7.05 Å². The third-order valence-corrected chi connectivity index (χ3v) is 6.03. The molecule has 0 saturated heterocycles. The van der Waals surface area contributed by atoms with Crippen LogP contribution >= 0.6 is 11.3 Å². The minimum Gasteiger partial charge on any atom is -0.408 e. The van der Waals surface area contributed by atoms with Gasteiger partial charge in [-0.1, -0.05) is 36.4 Å². The van der Waals surface area contributed by atoms with Crippen molar-refractivity contribution in [2.45, 2.75) is 12.5 Å². The number of thiophene rings is 1. The lowest BCUT2D eigenvalue weighted by atomic mass is 10.0. The number of nitriles is 1. The summed E-state index contributed by atoms with van der Waals surface area (Å²) in [5.41, 5.74) is 3.99. The molecular formula is C24H20N4O4S. The van der Waals surface area contributed by atoms with Gasteiger partial charge in [0.15, 0.2) is 5.58 Å². The molecule has 8 nitrogen and oxygen atoms in total. The zero-order chi connectivity index (χ0) is 23.4. The van der Waals surface area contributed by atoms with Gasteiger partial charge in [0.25, 0.3) is 5.91 Å². The second-order valence-corrected chi connectivity index (χ2v) is 8.37. The Morgan fingerprint density at radius 1 is 1.15 bits per heavy atom. The first-order chi connectivity index (χ1) is 15.9. The van der Waals surface area contributed by atoms with E-state index < -0.39 is 17.7 Å². The van der Waals surface area contributed by atoms with Gasteiger partial charge >= 0.3 is 5.76 Å². The van der Waals surface area contributed by atoms with Gasteiger partial charge < -0.3 is 15.1 Å². The van der Waals surface area contributed by atoms with Crippen LogP contribution in [-0.2, 0) is 18.3 Å². The van der Waals surface area contributed by atoms with E-state index >= 15 is 0 Å². The van der Waals surface area contributed by atoms with E-state index in [2.05, 4.69) is 16.7 Å². The van der Waals surface area contributed by atoms with Gasteiger partial charge in [-0.25, -0.2) is 4.79 Å². The van der Waals surface area contributed by atoms with E-state index in [0.717, 1.165) is 16.7 Å². The van der Waals surface area contributed by atoms with Crippen LogP contribution in [0.25, 0.3) is 22.2 Å². The number of aryl methyl sites for hydroxylation is 1. The maximum atomic E-state index is 12.1. The van der Waals surface area contributed by atoms with E-state index in [4.69, 9.17) is 4.42 Å². The first kappa shape index (κ1) is 22.0. The standard InChI is InChI=1S/C24H20N4O4S/c1-28-19-12-17(8-9-20(19)32-24(28)31)16-6-4-15(5-7-16)11-18(13-25)27-22(29)14-26-23(30)21-3-2-10-33-21/h2-10,12,18H,11,14H2,1H3,(H,26,30)(H,27,29)/t18-/m0/s1. The Morgan fingerprint density at radius 3 is 2.61 bits per heavy atom. The topological polar surface area (TPSA) is 117 Å². The normalized spacial score (nSPS) is 11.6.